The van der Waals surface area contributed by atoms with Crippen molar-refractivity contribution in [1.82, 2.24) is 0 Å². The van der Waals surface area contributed by atoms with Crippen molar-refractivity contribution >= 4 is 44.3 Å². The first-order chi connectivity index (χ1) is 9.74. The second kappa shape index (κ2) is 6.25. The third kappa shape index (κ3) is 4.62. The largest absolute Gasteiger partial charge is 0.380 e. The van der Waals surface area contributed by atoms with Crippen molar-refractivity contribution in [3.63, 3.8) is 0 Å². The zero-order valence-electron chi connectivity index (χ0n) is 12.0. The minimum atomic E-state index is -3.30. The number of anilines is 2. The van der Waals surface area contributed by atoms with Crippen LogP contribution >= 0.6 is 22.9 Å². The van der Waals surface area contributed by atoms with Crippen molar-refractivity contribution < 1.29 is 8.42 Å². The Morgan fingerprint density at radius 1 is 1.24 bits per heavy atom. The van der Waals surface area contributed by atoms with E-state index in [-0.39, 0.29) is 0 Å². The van der Waals surface area contributed by atoms with Crippen molar-refractivity contribution in [3.8, 4) is 0 Å². The SMILES string of the molecule is Cc1cc(CNc2cc(NS(C)(=O)=O)ccc2Cl)c(C)s1. The van der Waals surface area contributed by atoms with Crippen LogP contribution in [0.15, 0.2) is 24.3 Å². The fourth-order valence-corrected chi connectivity index (χ4v) is 3.67. The van der Waals surface area contributed by atoms with E-state index in [1.54, 1.807) is 29.5 Å². The van der Waals surface area contributed by atoms with Gasteiger partial charge in [-0.2, -0.15) is 0 Å². The minimum Gasteiger partial charge on any atom is -0.380 e. The van der Waals surface area contributed by atoms with E-state index in [1.807, 2.05) is 0 Å². The second-order valence-corrected chi connectivity index (χ2v) is 8.48. The van der Waals surface area contributed by atoms with E-state index in [0.717, 1.165) is 6.26 Å². The fraction of sp³-hybridized carbons (Fsp3) is 0.286. The Hall–Kier alpha value is -1.24. The van der Waals surface area contributed by atoms with Gasteiger partial charge in [0.2, 0.25) is 10.0 Å². The molecule has 1 heterocycles. The number of halogens is 1. The van der Waals surface area contributed by atoms with Crippen LogP contribution in [0.3, 0.4) is 0 Å². The summed E-state index contributed by atoms with van der Waals surface area (Å²) in [5.74, 6) is 0. The zero-order chi connectivity index (χ0) is 15.6. The van der Waals surface area contributed by atoms with Crippen molar-refractivity contribution in [3.05, 3.63) is 44.6 Å². The van der Waals surface area contributed by atoms with Crippen molar-refractivity contribution in [2.24, 2.45) is 0 Å². The van der Waals surface area contributed by atoms with Crippen molar-refractivity contribution in [1.29, 1.82) is 0 Å². The van der Waals surface area contributed by atoms with Gasteiger partial charge in [0, 0.05) is 16.3 Å². The summed E-state index contributed by atoms with van der Waals surface area (Å²) in [6.07, 6.45) is 1.12. The predicted molar refractivity (Wildman–Crippen MR) is 91.0 cm³/mol. The molecule has 0 fully saturated rings. The Morgan fingerprint density at radius 2 is 1.95 bits per heavy atom. The second-order valence-electron chi connectivity index (χ2n) is 4.86. The summed E-state index contributed by atoms with van der Waals surface area (Å²) in [6, 6.07) is 7.13. The van der Waals surface area contributed by atoms with E-state index in [4.69, 9.17) is 11.6 Å². The van der Waals surface area contributed by atoms with Gasteiger partial charge in [-0.15, -0.1) is 11.3 Å². The monoisotopic (exact) mass is 344 g/mol. The lowest BCUT2D eigenvalue weighted by Crippen LogP contribution is -2.10. The number of nitrogens with one attached hydrogen (secondary N) is 2. The topological polar surface area (TPSA) is 58.2 Å². The first kappa shape index (κ1) is 16.1. The Kier molecular flexibility index (Phi) is 4.81. The van der Waals surface area contributed by atoms with Crippen LogP contribution in [0.4, 0.5) is 11.4 Å². The molecule has 0 saturated heterocycles. The third-order valence-electron chi connectivity index (χ3n) is 2.88. The van der Waals surface area contributed by atoms with Crippen molar-refractivity contribution in [2.45, 2.75) is 20.4 Å². The zero-order valence-corrected chi connectivity index (χ0v) is 14.4. The number of thiophene rings is 1. The number of benzene rings is 1. The number of hydrogen-bond acceptors (Lipinski definition) is 4. The Balaban J connectivity index is 2.16. The molecule has 0 amide bonds. The van der Waals surface area contributed by atoms with Gasteiger partial charge in [-0.25, -0.2) is 8.42 Å². The molecule has 21 heavy (non-hydrogen) atoms. The Bertz CT molecular complexity index is 754. The minimum absolute atomic E-state index is 0.489. The third-order valence-corrected chi connectivity index (χ3v) is 4.83. The predicted octanol–water partition coefficient (Wildman–Crippen LogP) is 4.00. The first-order valence-corrected chi connectivity index (χ1v) is 9.40. The van der Waals surface area contributed by atoms with E-state index >= 15 is 0 Å². The quantitative estimate of drug-likeness (QED) is 0.861. The average molecular weight is 345 g/mol. The van der Waals surface area contributed by atoms with E-state index < -0.39 is 10.0 Å². The average Bonchev–Trinajstić information content (AvgIpc) is 2.67. The molecule has 2 aromatic rings. The van der Waals surface area contributed by atoms with Gasteiger partial charge in [-0.3, -0.25) is 4.72 Å². The van der Waals surface area contributed by atoms with E-state index in [1.165, 1.54) is 15.3 Å². The molecule has 0 bridgehead atoms. The molecule has 1 aromatic heterocycles. The molecule has 0 atom stereocenters. The van der Waals surface area contributed by atoms with E-state index in [0.29, 0.717) is 22.9 Å². The van der Waals surface area contributed by atoms with Gasteiger partial charge in [-0.1, -0.05) is 11.6 Å². The summed E-state index contributed by atoms with van der Waals surface area (Å²) in [5.41, 5.74) is 2.41. The molecule has 0 aliphatic rings. The number of hydrogen-bond donors (Lipinski definition) is 2. The fourth-order valence-electron chi connectivity index (χ4n) is 1.99. The molecule has 114 valence electrons. The van der Waals surface area contributed by atoms with Crippen LogP contribution in [0.2, 0.25) is 5.02 Å². The van der Waals surface area contributed by atoms with Crippen LogP contribution in [-0.2, 0) is 16.6 Å². The van der Waals surface area contributed by atoms with Crippen LogP contribution in [0.5, 0.6) is 0 Å². The van der Waals surface area contributed by atoms with Gasteiger partial charge in [0.15, 0.2) is 0 Å². The summed E-state index contributed by atoms with van der Waals surface area (Å²) in [5, 5.41) is 3.80. The molecule has 1 aromatic carbocycles. The van der Waals surface area contributed by atoms with E-state index in [9.17, 15) is 8.42 Å². The van der Waals surface area contributed by atoms with Gasteiger partial charge in [0.1, 0.15) is 0 Å². The van der Waals surface area contributed by atoms with Gasteiger partial charge in [-0.05, 0) is 43.7 Å². The summed E-state index contributed by atoms with van der Waals surface area (Å²) in [7, 11) is -3.30. The highest BCUT2D eigenvalue weighted by Crippen LogP contribution is 2.28. The molecule has 0 aliphatic carbocycles. The molecule has 0 radical (unpaired) electrons. The molecule has 0 aliphatic heterocycles. The Morgan fingerprint density at radius 3 is 2.52 bits per heavy atom. The Labute approximate surface area is 134 Å². The molecular formula is C14H17ClN2O2S2. The normalized spacial score (nSPS) is 11.4. The van der Waals surface area contributed by atoms with Crippen LogP contribution in [0, 0.1) is 13.8 Å². The highest BCUT2D eigenvalue weighted by atomic mass is 35.5. The summed E-state index contributed by atoms with van der Waals surface area (Å²) in [6.45, 7) is 4.81. The summed E-state index contributed by atoms with van der Waals surface area (Å²) < 4.78 is 25.0. The highest BCUT2D eigenvalue weighted by Gasteiger charge is 2.07. The van der Waals surface area contributed by atoms with Crippen LogP contribution in [-0.4, -0.2) is 14.7 Å². The van der Waals surface area contributed by atoms with E-state index in [2.05, 4.69) is 30.0 Å². The lowest BCUT2D eigenvalue weighted by atomic mass is 10.2. The lowest BCUT2D eigenvalue weighted by Gasteiger charge is -2.11. The van der Waals surface area contributed by atoms with Crippen LogP contribution in [0.1, 0.15) is 15.3 Å². The summed E-state index contributed by atoms with van der Waals surface area (Å²) >= 11 is 7.90. The number of rotatable bonds is 5. The van der Waals surface area contributed by atoms with Gasteiger partial charge >= 0.3 is 0 Å². The maximum absolute atomic E-state index is 11.3. The van der Waals surface area contributed by atoms with Gasteiger partial charge in [0.25, 0.3) is 0 Å². The molecule has 0 saturated carbocycles. The van der Waals surface area contributed by atoms with Crippen LogP contribution in [0.25, 0.3) is 0 Å². The molecule has 0 unspecified atom stereocenters. The molecule has 2 rings (SSSR count). The highest BCUT2D eigenvalue weighted by molar-refractivity contribution is 7.92. The summed E-state index contributed by atoms with van der Waals surface area (Å²) in [4.78, 5) is 2.53. The van der Waals surface area contributed by atoms with Crippen molar-refractivity contribution in [2.75, 3.05) is 16.3 Å². The molecular weight excluding hydrogens is 328 g/mol. The smallest absolute Gasteiger partial charge is 0.229 e. The molecule has 0 spiro atoms. The number of aryl methyl sites for hydroxylation is 2. The van der Waals surface area contributed by atoms with Crippen LogP contribution < -0.4 is 10.0 Å². The molecule has 2 N–H and O–H groups in total. The maximum atomic E-state index is 11.3. The van der Waals surface area contributed by atoms with Gasteiger partial charge < -0.3 is 5.32 Å². The standard InChI is InChI=1S/C14H17ClN2O2S2/c1-9-6-11(10(2)20-9)8-16-14-7-12(4-5-13(14)15)17-21(3,18)19/h4-7,16-17H,8H2,1-3H3. The number of sulfonamides is 1. The lowest BCUT2D eigenvalue weighted by molar-refractivity contribution is 0.607. The molecule has 7 heteroatoms. The first-order valence-electron chi connectivity index (χ1n) is 6.32. The molecule has 4 nitrogen and oxygen atoms in total. The van der Waals surface area contributed by atoms with Gasteiger partial charge in [0.05, 0.1) is 22.7 Å². The maximum Gasteiger partial charge on any atom is 0.229 e.